The highest BCUT2D eigenvalue weighted by Crippen LogP contribution is 2.36. The minimum atomic E-state index is -0.799. The van der Waals surface area contributed by atoms with Gasteiger partial charge in [-0.15, -0.1) is 0 Å². The second kappa shape index (κ2) is 27.5. The molecule has 9 N–H and O–H groups in total. The van der Waals surface area contributed by atoms with Crippen molar-refractivity contribution in [2.75, 3.05) is 96.0 Å². The molecule has 3 aliphatic heterocycles. The number of rotatable bonds is 12. The summed E-state index contributed by atoms with van der Waals surface area (Å²) in [5, 5.41) is 15.1. The van der Waals surface area contributed by atoms with E-state index < -0.39 is 11.9 Å². The number of ether oxygens (including phenoxy) is 2. The van der Waals surface area contributed by atoms with Gasteiger partial charge in [0.05, 0.1) is 32.0 Å². The minimum Gasteiger partial charge on any atom is -0.481 e. The molecule has 0 spiro atoms. The van der Waals surface area contributed by atoms with Crippen LogP contribution in [0.3, 0.4) is 0 Å². The van der Waals surface area contributed by atoms with Crippen molar-refractivity contribution in [2.24, 2.45) is 17.8 Å². The Kier molecular flexibility index (Phi) is 18.8. The van der Waals surface area contributed by atoms with Crippen LogP contribution >= 0.6 is 15.9 Å². The summed E-state index contributed by atoms with van der Waals surface area (Å²) in [4.78, 5) is 102. The first kappa shape index (κ1) is 62.8. The number of carboxylic acid groups (broad SMARTS) is 1. The van der Waals surface area contributed by atoms with Crippen molar-refractivity contribution in [3.8, 4) is 22.5 Å². The van der Waals surface area contributed by atoms with E-state index in [0.29, 0.717) is 112 Å². The lowest BCUT2D eigenvalue weighted by atomic mass is 9.98. The molecule has 2 aromatic carbocycles. The Labute approximate surface area is 536 Å². The Morgan fingerprint density at radius 3 is 1.27 bits per heavy atom. The van der Waals surface area contributed by atoms with E-state index >= 15 is 0 Å². The number of nitrogens with two attached hydrogens (primary N) is 3. The number of pyridine rings is 2. The number of imidazole rings is 3. The second-order valence-electron chi connectivity index (χ2n) is 22.6. The maximum absolute atomic E-state index is 12.7. The number of benzene rings is 2. The highest BCUT2D eigenvalue weighted by molar-refractivity contribution is 9.10. The molecule has 8 aromatic heterocycles. The van der Waals surface area contributed by atoms with Gasteiger partial charge >= 0.3 is 17.9 Å². The Morgan fingerprint density at radius 1 is 0.511 bits per heavy atom. The van der Waals surface area contributed by atoms with Crippen molar-refractivity contribution in [3.05, 3.63) is 149 Å². The first-order valence-corrected chi connectivity index (χ1v) is 30.6. The molecule has 3 aliphatic rings. The molecule has 3 atom stereocenters. The number of aliphatic carboxylic acids is 1. The number of piperidine rings is 3. The number of amides is 2. The third kappa shape index (κ3) is 13.5. The molecular weight excluding hydrogens is 1240 g/mol. The number of hydrogen-bond acceptors (Lipinski definition) is 21. The molecule has 0 aliphatic carbocycles. The van der Waals surface area contributed by atoms with Crippen molar-refractivity contribution in [2.45, 2.75) is 52.4 Å². The van der Waals surface area contributed by atoms with Gasteiger partial charge in [-0.2, -0.15) is 0 Å². The van der Waals surface area contributed by atoms with E-state index in [9.17, 15) is 29.1 Å². The van der Waals surface area contributed by atoms with Gasteiger partial charge in [0, 0.05) is 111 Å². The van der Waals surface area contributed by atoms with Crippen LogP contribution in [-0.4, -0.2) is 141 Å². The summed E-state index contributed by atoms with van der Waals surface area (Å²) in [6.07, 6.45) is 18.4. The van der Waals surface area contributed by atoms with E-state index in [1.54, 1.807) is 67.5 Å². The number of anilines is 8. The van der Waals surface area contributed by atoms with Crippen LogP contribution in [0.25, 0.3) is 39.1 Å². The summed E-state index contributed by atoms with van der Waals surface area (Å²) in [5.41, 5.74) is 26.3. The molecule has 10 aromatic rings. The van der Waals surface area contributed by atoms with Crippen LogP contribution in [0.2, 0.25) is 0 Å². The van der Waals surface area contributed by atoms with E-state index in [0.717, 1.165) is 78.9 Å². The van der Waals surface area contributed by atoms with Gasteiger partial charge in [-0.25, -0.2) is 39.9 Å². The van der Waals surface area contributed by atoms with Crippen molar-refractivity contribution in [1.29, 1.82) is 0 Å². The zero-order valence-electron chi connectivity index (χ0n) is 50.9. The summed E-state index contributed by atoms with van der Waals surface area (Å²) in [5.74, 6) is 1.69. The SMILES string of the molecule is COC(=O)C1CCCN(c2nc(-c3ccc(C(=O)Nc4cc(C)ccn4)cc3)c3c(N)nccn23)C1.COC(=O)C1CCCN(c2nc(Br)c3c(N)nccn23)C1.Cc1ccnc(NC(=O)c2ccc(-c3nc(N4CCCC(C(=O)O)C4)n4ccnc(N)c34)cc2)c1. The zero-order chi connectivity index (χ0) is 64.7. The summed E-state index contributed by atoms with van der Waals surface area (Å²) >= 11 is 3.42. The van der Waals surface area contributed by atoms with Gasteiger partial charge in [-0.05, 0) is 128 Å². The summed E-state index contributed by atoms with van der Waals surface area (Å²) in [6.45, 7) is 7.68. The fourth-order valence-electron chi connectivity index (χ4n) is 11.7. The average Bonchev–Trinajstić information content (AvgIpc) is 1.72. The largest absolute Gasteiger partial charge is 0.481 e. The lowest BCUT2D eigenvalue weighted by Crippen LogP contribution is -2.40. The molecule has 3 unspecified atom stereocenters. The number of nitrogens with one attached hydrogen (secondary N) is 2. The van der Waals surface area contributed by atoms with Gasteiger partial charge in [0.15, 0.2) is 5.82 Å². The zero-order valence-corrected chi connectivity index (χ0v) is 52.5. The Morgan fingerprint density at radius 2 is 0.880 bits per heavy atom. The third-order valence-corrected chi connectivity index (χ3v) is 16.9. The summed E-state index contributed by atoms with van der Waals surface area (Å²) < 4.78 is 16.1. The minimum absolute atomic E-state index is 0.117. The molecular formula is C64H68BrN19O8. The number of aromatic nitrogens is 11. The van der Waals surface area contributed by atoms with E-state index in [1.807, 2.05) is 86.8 Å². The average molecular weight is 1310 g/mol. The van der Waals surface area contributed by atoms with Crippen molar-refractivity contribution < 1.29 is 38.6 Å². The van der Waals surface area contributed by atoms with Gasteiger partial charge in [0.2, 0.25) is 17.8 Å². The molecule has 474 valence electrons. The number of nitrogen functional groups attached to an aromatic ring is 3. The predicted molar refractivity (Wildman–Crippen MR) is 351 cm³/mol. The molecule has 13 rings (SSSR count). The standard InChI is InChI=1S/C26H27N7O3.C25H25N7O3.C13H16BrN5O2/c1-16-9-10-28-20(14-16)30-24(34)18-7-5-17(6-8-18)21-22-23(27)29-11-13-33(22)26(31-21)32-12-3-4-19(15-32)25(35)36-2;1-15-8-9-27-19(13-15)29-23(33)17-6-4-16(5-7-17)20-21-22(26)28-10-12-32(21)25(30-20)31-11-2-3-18(14-31)24(34)35;1-21-12(20)8-3-2-5-18(7-8)13-17-10(14)9-11(15)16-4-6-19(9)13/h5-11,13-14,19H,3-4,12,15H2,1-2H3,(H2,27,29)(H,28,30,34);4-10,12-13,18H,2-3,11,14H2,1H3,(H2,26,28)(H,34,35)(H,27,29,33);4,6,8H,2-3,5,7H2,1H3,(H2,15,16). The molecule has 92 heavy (non-hydrogen) atoms. The Bertz CT molecular complexity index is 4380. The molecule has 2 amide bonds. The van der Waals surface area contributed by atoms with E-state index in [4.69, 9.17) is 36.6 Å². The molecule has 0 saturated carbocycles. The van der Waals surface area contributed by atoms with Crippen LogP contribution in [0.4, 0.5) is 46.9 Å². The number of hydrogen-bond donors (Lipinski definition) is 6. The predicted octanol–water partition coefficient (Wildman–Crippen LogP) is 8.02. The monoisotopic (exact) mass is 1310 g/mol. The number of carbonyl (C=O) groups excluding carboxylic acids is 4. The van der Waals surface area contributed by atoms with Gasteiger partial charge < -0.3 is 57.1 Å². The molecule has 0 radical (unpaired) electrons. The maximum Gasteiger partial charge on any atom is 0.310 e. The number of nitrogens with zero attached hydrogens (tertiary/aromatic N) is 14. The highest BCUT2D eigenvalue weighted by atomic mass is 79.9. The summed E-state index contributed by atoms with van der Waals surface area (Å²) in [7, 11) is 2.84. The number of carboxylic acids is 1. The van der Waals surface area contributed by atoms with E-state index in [-0.39, 0.29) is 35.6 Å². The smallest absolute Gasteiger partial charge is 0.310 e. The molecule has 28 heteroatoms. The van der Waals surface area contributed by atoms with Gasteiger partial charge in [0.1, 0.15) is 55.8 Å². The van der Waals surface area contributed by atoms with Gasteiger partial charge in [-0.3, -0.25) is 37.2 Å². The maximum atomic E-state index is 12.7. The number of carbonyl (C=O) groups is 5. The van der Waals surface area contributed by atoms with Crippen LogP contribution in [0.5, 0.6) is 0 Å². The number of methoxy groups -OCH3 is 2. The molecule has 3 fully saturated rings. The van der Waals surface area contributed by atoms with E-state index in [1.165, 1.54) is 14.2 Å². The molecule has 11 heterocycles. The van der Waals surface area contributed by atoms with Gasteiger partial charge in [0.25, 0.3) is 11.8 Å². The van der Waals surface area contributed by atoms with Crippen LogP contribution in [-0.2, 0) is 23.9 Å². The van der Waals surface area contributed by atoms with E-state index in [2.05, 4.69) is 66.3 Å². The third-order valence-electron chi connectivity index (χ3n) is 16.3. The second-order valence-corrected chi connectivity index (χ2v) is 23.3. The first-order chi connectivity index (χ1) is 44.5. The molecule has 0 bridgehead atoms. The van der Waals surface area contributed by atoms with Crippen molar-refractivity contribution >= 4 is 109 Å². The lowest BCUT2D eigenvalue weighted by molar-refractivity contribution is -0.146. The number of esters is 2. The Hall–Kier alpha value is -10.8. The van der Waals surface area contributed by atoms with Crippen molar-refractivity contribution in [3.63, 3.8) is 0 Å². The molecule has 3 saturated heterocycles. The first-order valence-electron chi connectivity index (χ1n) is 29.8. The van der Waals surface area contributed by atoms with Crippen molar-refractivity contribution in [1.82, 2.24) is 53.1 Å². The van der Waals surface area contributed by atoms with Crippen LogP contribution in [0.1, 0.15) is 70.4 Å². The fourth-order valence-corrected chi connectivity index (χ4v) is 12.3. The lowest BCUT2D eigenvalue weighted by Gasteiger charge is -2.31. The topological polar surface area (TPSA) is 352 Å². The molecule has 27 nitrogen and oxygen atoms in total. The quantitative estimate of drug-likeness (QED) is 0.0630. The normalized spacial score (nSPS) is 16.4. The highest BCUT2D eigenvalue weighted by Gasteiger charge is 2.33. The Balaban J connectivity index is 0.000000146. The number of halogens is 1. The number of fused-ring (bicyclic) bond motifs is 3. The fraction of sp³-hybridized carbons (Fsp3) is 0.297. The van der Waals surface area contributed by atoms with Crippen LogP contribution < -0.4 is 42.5 Å². The van der Waals surface area contributed by atoms with Crippen LogP contribution in [0.15, 0.2) is 127 Å². The summed E-state index contributed by atoms with van der Waals surface area (Å²) in [6, 6.07) is 21.6. The number of aryl methyl sites for hydroxylation is 2. The van der Waals surface area contributed by atoms with Crippen LogP contribution in [0, 0.1) is 31.6 Å². The van der Waals surface area contributed by atoms with Gasteiger partial charge in [-0.1, -0.05) is 24.3 Å².